The number of amides is 2. The summed E-state index contributed by atoms with van der Waals surface area (Å²) in [4.78, 5) is 34.7. The minimum Gasteiger partial charge on any atom is -0.480 e. The van der Waals surface area contributed by atoms with Crippen LogP contribution in [0.2, 0.25) is 0 Å². The zero-order chi connectivity index (χ0) is 17.0. The molecule has 1 aliphatic heterocycles. The molecule has 124 valence electrons. The van der Waals surface area contributed by atoms with E-state index < -0.39 is 29.2 Å². The van der Waals surface area contributed by atoms with Crippen molar-refractivity contribution in [2.45, 2.75) is 30.7 Å². The number of benzene rings is 1. The van der Waals surface area contributed by atoms with Crippen molar-refractivity contribution in [2.75, 3.05) is 5.75 Å². The first-order chi connectivity index (χ1) is 10.9. The second-order valence-corrected chi connectivity index (χ2v) is 6.48. The van der Waals surface area contributed by atoms with Crippen molar-refractivity contribution in [3.05, 3.63) is 35.6 Å². The third-order valence-corrected chi connectivity index (χ3v) is 4.79. The predicted octanol–water partition coefficient (Wildman–Crippen LogP) is 0.558. The highest BCUT2D eigenvalue weighted by Gasteiger charge is 2.33. The topological polar surface area (TPSA) is 95.5 Å². The molecular formula is C15H17FN2O4S. The zero-order valence-corrected chi connectivity index (χ0v) is 13.2. The van der Waals surface area contributed by atoms with Gasteiger partial charge in [-0.25, -0.2) is 4.39 Å². The van der Waals surface area contributed by atoms with E-state index in [1.54, 1.807) is 18.2 Å². The Hall–Kier alpha value is -2.09. The summed E-state index contributed by atoms with van der Waals surface area (Å²) in [6.07, 6.45) is 0.239. The fourth-order valence-corrected chi connectivity index (χ4v) is 3.30. The maximum absolute atomic E-state index is 13.6. The first-order valence-electron chi connectivity index (χ1n) is 7.07. The Morgan fingerprint density at radius 1 is 1.48 bits per heavy atom. The molecule has 1 aromatic rings. The number of halogens is 1. The summed E-state index contributed by atoms with van der Waals surface area (Å²) in [5.41, 5.74) is 0.447. The lowest BCUT2D eigenvalue weighted by Gasteiger charge is -2.28. The molecule has 1 heterocycles. The fourth-order valence-electron chi connectivity index (χ4n) is 2.13. The number of hydrogen-bond acceptors (Lipinski definition) is 4. The molecule has 23 heavy (non-hydrogen) atoms. The van der Waals surface area contributed by atoms with Crippen LogP contribution in [0.4, 0.5) is 4.39 Å². The molecule has 8 heteroatoms. The summed E-state index contributed by atoms with van der Waals surface area (Å²) in [5.74, 6) is -2.09. The number of aliphatic carboxylic acids is 1. The first kappa shape index (κ1) is 17.3. The molecule has 0 bridgehead atoms. The molecule has 1 aliphatic rings. The Labute approximate surface area is 136 Å². The zero-order valence-electron chi connectivity index (χ0n) is 12.4. The Balaban J connectivity index is 1.92. The van der Waals surface area contributed by atoms with Gasteiger partial charge in [0, 0.05) is 5.75 Å². The van der Waals surface area contributed by atoms with Crippen LogP contribution >= 0.6 is 11.8 Å². The van der Waals surface area contributed by atoms with E-state index in [9.17, 15) is 18.8 Å². The molecule has 0 aliphatic carbocycles. The summed E-state index contributed by atoms with van der Waals surface area (Å²) in [6, 6.07) is 4.43. The van der Waals surface area contributed by atoms with Gasteiger partial charge in [0.25, 0.3) is 0 Å². The van der Waals surface area contributed by atoms with Crippen molar-refractivity contribution in [1.82, 2.24) is 10.6 Å². The highest BCUT2D eigenvalue weighted by molar-refractivity contribution is 8.00. The van der Waals surface area contributed by atoms with Gasteiger partial charge in [0.05, 0.1) is 5.25 Å². The molecule has 0 aromatic heterocycles. The lowest BCUT2D eigenvalue weighted by atomic mass is 10.1. The van der Waals surface area contributed by atoms with Gasteiger partial charge in [-0.2, -0.15) is 0 Å². The van der Waals surface area contributed by atoms with Crippen molar-refractivity contribution in [2.24, 2.45) is 0 Å². The van der Waals surface area contributed by atoms with Crippen molar-refractivity contribution in [1.29, 1.82) is 0 Å². The lowest BCUT2D eigenvalue weighted by molar-refractivity contribution is -0.141. The minimum atomic E-state index is -1.15. The molecule has 1 fully saturated rings. The van der Waals surface area contributed by atoms with Crippen LogP contribution in [0, 0.1) is 5.82 Å². The van der Waals surface area contributed by atoms with Crippen LogP contribution in [-0.4, -0.2) is 46.0 Å². The van der Waals surface area contributed by atoms with Gasteiger partial charge in [-0.15, -0.1) is 11.8 Å². The number of rotatable bonds is 5. The standard InChI is InChI=1S/C15H17FN2O4S/c1-8(15(21)22)17-13(19)11-7-23-12(14(20)18-11)6-9-4-2-3-5-10(9)16/h2-5,8,11-12H,6-7H2,1H3,(H,17,19)(H,18,20)(H,21,22)/t8-,11?,12?/m0/s1. The van der Waals surface area contributed by atoms with Crippen LogP contribution in [0.3, 0.4) is 0 Å². The average Bonchev–Trinajstić information content (AvgIpc) is 2.51. The van der Waals surface area contributed by atoms with Gasteiger partial charge >= 0.3 is 5.97 Å². The second kappa shape index (κ2) is 7.45. The lowest BCUT2D eigenvalue weighted by Crippen LogP contribution is -2.56. The Kier molecular flexibility index (Phi) is 5.59. The molecule has 6 nitrogen and oxygen atoms in total. The maximum atomic E-state index is 13.6. The highest BCUT2D eigenvalue weighted by Crippen LogP contribution is 2.23. The minimum absolute atomic E-state index is 0.239. The smallest absolute Gasteiger partial charge is 0.325 e. The molecule has 3 atom stereocenters. The van der Waals surface area contributed by atoms with Crippen LogP contribution in [0.5, 0.6) is 0 Å². The number of carbonyl (C=O) groups excluding carboxylic acids is 2. The normalized spacial score (nSPS) is 22.1. The molecule has 0 saturated carbocycles. The van der Waals surface area contributed by atoms with Crippen molar-refractivity contribution in [3.63, 3.8) is 0 Å². The van der Waals surface area contributed by atoms with E-state index in [0.29, 0.717) is 11.3 Å². The molecular weight excluding hydrogens is 323 g/mol. The fraction of sp³-hybridized carbons (Fsp3) is 0.400. The third-order valence-electron chi connectivity index (χ3n) is 3.48. The van der Waals surface area contributed by atoms with Gasteiger partial charge in [-0.1, -0.05) is 18.2 Å². The van der Waals surface area contributed by atoms with E-state index in [0.717, 1.165) is 0 Å². The van der Waals surface area contributed by atoms with Gasteiger partial charge < -0.3 is 15.7 Å². The van der Waals surface area contributed by atoms with E-state index in [-0.39, 0.29) is 18.1 Å². The SMILES string of the molecule is C[C@H](NC(=O)C1CSC(Cc2ccccc2F)C(=O)N1)C(=O)O. The summed E-state index contributed by atoms with van der Waals surface area (Å²) >= 11 is 1.26. The van der Waals surface area contributed by atoms with Crippen molar-refractivity contribution < 1.29 is 23.9 Å². The predicted molar refractivity (Wildman–Crippen MR) is 83.5 cm³/mol. The van der Waals surface area contributed by atoms with Gasteiger partial charge in [0.15, 0.2) is 0 Å². The number of carbonyl (C=O) groups is 3. The van der Waals surface area contributed by atoms with E-state index >= 15 is 0 Å². The Morgan fingerprint density at radius 3 is 2.78 bits per heavy atom. The van der Waals surface area contributed by atoms with E-state index in [2.05, 4.69) is 10.6 Å². The first-order valence-corrected chi connectivity index (χ1v) is 8.12. The molecule has 0 spiro atoms. The largest absolute Gasteiger partial charge is 0.480 e. The van der Waals surface area contributed by atoms with E-state index in [4.69, 9.17) is 5.11 Å². The second-order valence-electron chi connectivity index (χ2n) is 5.25. The molecule has 1 aromatic carbocycles. The van der Waals surface area contributed by atoms with Crippen molar-refractivity contribution in [3.8, 4) is 0 Å². The Bertz CT molecular complexity index is 625. The van der Waals surface area contributed by atoms with Gasteiger partial charge in [0.1, 0.15) is 17.9 Å². The summed E-state index contributed by atoms with van der Waals surface area (Å²) in [6.45, 7) is 1.35. The van der Waals surface area contributed by atoms with Gasteiger partial charge in [0.2, 0.25) is 11.8 Å². The Morgan fingerprint density at radius 2 is 2.17 bits per heavy atom. The van der Waals surface area contributed by atoms with Crippen LogP contribution in [0.25, 0.3) is 0 Å². The monoisotopic (exact) mass is 340 g/mol. The molecule has 0 radical (unpaired) electrons. The molecule has 2 amide bonds. The summed E-state index contributed by atoms with van der Waals surface area (Å²) in [5, 5.41) is 13.2. The highest BCUT2D eigenvalue weighted by atomic mass is 32.2. The number of nitrogens with one attached hydrogen (secondary N) is 2. The van der Waals surface area contributed by atoms with Gasteiger partial charge in [-0.05, 0) is 25.0 Å². The van der Waals surface area contributed by atoms with Crippen LogP contribution in [0.15, 0.2) is 24.3 Å². The quantitative estimate of drug-likeness (QED) is 0.728. The number of carboxylic acids is 1. The molecule has 3 N–H and O–H groups in total. The molecule has 2 rings (SSSR count). The molecule has 2 unspecified atom stereocenters. The van der Waals surface area contributed by atoms with Crippen LogP contribution < -0.4 is 10.6 Å². The van der Waals surface area contributed by atoms with E-state index in [1.165, 1.54) is 24.8 Å². The van der Waals surface area contributed by atoms with E-state index in [1.807, 2.05) is 0 Å². The maximum Gasteiger partial charge on any atom is 0.325 e. The summed E-state index contributed by atoms with van der Waals surface area (Å²) in [7, 11) is 0. The van der Waals surface area contributed by atoms with Crippen molar-refractivity contribution >= 4 is 29.5 Å². The van der Waals surface area contributed by atoms with Crippen LogP contribution in [-0.2, 0) is 20.8 Å². The molecule has 1 saturated heterocycles. The van der Waals surface area contributed by atoms with Crippen LogP contribution in [0.1, 0.15) is 12.5 Å². The number of thioether (sulfide) groups is 1. The number of carboxylic acid groups (broad SMARTS) is 1. The van der Waals surface area contributed by atoms with Gasteiger partial charge in [-0.3, -0.25) is 14.4 Å². The third kappa shape index (κ3) is 4.44. The summed E-state index contributed by atoms with van der Waals surface area (Å²) < 4.78 is 13.6. The number of hydrogen-bond donors (Lipinski definition) is 3. The average molecular weight is 340 g/mol.